The number of rotatable bonds is 6. The van der Waals surface area contributed by atoms with Gasteiger partial charge in [-0.15, -0.1) is 0 Å². The molecule has 0 saturated heterocycles. The zero-order valence-electron chi connectivity index (χ0n) is 8.62. The summed E-state index contributed by atoms with van der Waals surface area (Å²) in [5.74, 6) is 0. The van der Waals surface area contributed by atoms with Crippen molar-refractivity contribution in [2.24, 2.45) is 0 Å². The smallest absolute Gasteiger partial charge is 0.0752 e. The molecule has 0 atom stereocenters. The number of hydrogen-bond acceptors (Lipinski definition) is 0. The van der Waals surface area contributed by atoms with Gasteiger partial charge in [0.05, 0.1) is 15.7 Å². The Bertz CT molecular complexity index is 127. The van der Waals surface area contributed by atoms with E-state index in [1.54, 1.807) is 0 Å². The summed E-state index contributed by atoms with van der Waals surface area (Å²) in [6.07, 6.45) is 6.62. The molecule has 0 radical (unpaired) electrons. The molecular weight excluding hydrogens is 167 g/mol. The Labute approximate surface area is 78.7 Å². The Balaban J connectivity index is 3.80. The molecular formula is C10H21FSi. The summed E-state index contributed by atoms with van der Waals surface area (Å²) >= 11 is 0. The van der Waals surface area contributed by atoms with Crippen LogP contribution in [0.5, 0.6) is 0 Å². The van der Waals surface area contributed by atoms with Crippen molar-refractivity contribution in [1.29, 1.82) is 0 Å². The number of halogens is 1. The summed E-state index contributed by atoms with van der Waals surface area (Å²) < 4.78 is 13.0. The normalized spacial score (nSPS) is 10.2. The molecule has 0 amide bonds. The minimum absolute atomic E-state index is 0.192. The van der Waals surface area contributed by atoms with Crippen molar-refractivity contribution in [2.75, 3.05) is 0 Å². The molecule has 2 heteroatoms. The third-order valence-electron chi connectivity index (χ3n) is 2.15. The Hall–Kier alpha value is -0.113. The molecule has 0 aliphatic carbocycles. The van der Waals surface area contributed by atoms with Crippen LogP contribution in [0.2, 0.25) is 0 Å². The highest BCUT2D eigenvalue weighted by Crippen LogP contribution is 2.18. The Morgan fingerprint density at radius 3 is 1.75 bits per heavy atom. The van der Waals surface area contributed by atoms with Crippen LogP contribution in [0, 0.1) is 0 Å². The first-order valence-electron chi connectivity index (χ1n) is 5.06. The van der Waals surface area contributed by atoms with Crippen LogP contribution in [-0.4, -0.2) is 10.2 Å². The molecule has 0 aromatic rings. The molecule has 0 aromatic carbocycles. The van der Waals surface area contributed by atoms with Crippen LogP contribution in [0.3, 0.4) is 0 Å². The molecule has 0 spiro atoms. The van der Waals surface area contributed by atoms with Gasteiger partial charge in [-0.25, -0.2) is 4.39 Å². The molecule has 0 fully saturated rings. The average Bonchev–Trinajstić information content (AvgIpc) is 2.04. The molecule has 0 bridgehead atoms. The maximum atomic E-state index is 13.0. The van der Waals surface area contributed by atoms with Crippen molar-refractivity contribution in [3.05, 3.63) is 11.0 Å². The summed E-state index contributed by atoms with van der Waals surface area (Å²) in [4.78, 5) is 0. The van der Waals surface area contributed by atoms with Gasteiger partial charge in [0.25, 0.3) is 0 Å². The highest BCUT2D eigenvalue weighted by atomic mass is 28.1. The molecule has 0 unspecified atom stereocenters. The summed E-state index contributed by atoms with van der Waals surface area (Å²) in [5, 5.41) is 0. The predicted molar refractivity (Wildman–Crippen MR) is 57.1 cm³/mol. The van der Waals surface area contributed by atoms with E-state index in [1.807, 2.05) is 0 Å². The fourth-order valence-corrected chi connectivity index (χ4v) is 1.75. The van der Waals surface area contributed by atoms with E-state index in [-0.39, 0.29) is 5.45 Å². The second-order valence-electron chi connectivity index (χ2n) is 3.34. The van der Waals surface area contributed by atoms with Gasteiger partial charge in [-0.3, -0.25) is 0 Å². The molecule has 0 aromatic heterocycles. The maximum absolute atomic E-state index is 13.0. The van der Waals surface area contributed by atoms with E-state index in [0.29, 0.717) is 10.2 Å². The second kappa shape index (κ2) is 7.53. The van der Waals surface area contributed by atoms with Crippen molar-refractivity contribution < 1.29 is 4.39 Å². The van der Waals surface area contributed by atoms with Crippen molar-refractivity contribution in [2.45, 2.75) is 52.4 Å². The quantitative estimate of drug-likeness (QED) is 0.562. The van der Waals surface area contributed by atoms with Gasteiger partial charge in [0, 0.05) is 0 Å². The van der Waals surface area contributed by atoms with Crippen molar-refractivity contribution in [1.82, 2.24) is 0 Å². The molecule has 0 N–H and O–H groups in total. The van der Waals surface area contributed by atoms with E-state index >= 15 is 0 Å². The predicted octanol–water partition coefficient (Wildman–Crippen LogP) is 2.91. The first-order valence-corrected chi connectivity index (χ1v) is 6.06. The lowest BCUT2D eigenvalue weighted by atomic mass is 10.0. The largest absolute Gasteiger partial charge is 0.219 e. The maximum Gasteiger partial charge on any atom is 0.0752 e. The summed E-state index contributed by atoms with van der Waals surface area (Å²) in [7, 11) is 0.599. The van der Waals surface area contributed by atoms with Crippen molar-refractivity contribution in [3.8, 4) is 0 Å². The highest BCUT2D eigenvalue weighted by molar-refractivity contribution is 6.20. The number of unbranched alkanes of at least 4 members (excludes halogenated alkanes) is 2. The van der Waals surface area contributed by atoms with E-state index in [2.05, 4.69) is 13.8 Å². The van der Waals surface area contributed by atoms with Crippen LogP contribution in [0.4, 0.5) is 4.39 Å². The third kappa shape index (κ3) is 5.53. The molecule has 12 heavy (non-hydrogen) atoms. The van der Waals surface area contributed by atoms with Gasteiger partial charge in [0.1, 0.15) is 0 Å². The minimum Gasteiger partial charge on any atom is -0.219 e. The molecule has 0 heterocycles. The monoisotopic (exact) mass is 188 g/mol. The summed E-state index contributed by atoms with van der Waals surface area (Å²) in [6, 6.07) is 0. The molecule has 0 rings (SSSR count). The van der Waals surface area contributed by atoms with E-state index in [4.69, 9.17) is 0 Å². The van der Waals surface area contributed by atoms with Gasteiger partial charge in [-0.2, -0.15) is 0 Å². The molecule has 0 aliphatic rings. The number of hydrogen-bond donors (Lipinski definition) is 0. The van der Waals surface area contributed by atoms with E-state index in [0.717, 1.165) is 31.3 Å². The Morgan fingerprint density at radius 1 is 1.08 bits per heavy atom. The second-order valence-corrected chi connectivity index (χ2v) is 4.22. The van der Waals surface area contributed by atoms with Gasteiger partial charge >= 0.3 is 0 Å². The molecule has 0 nitrogen and oxygen atoms in total. The molecule has 0 saturated carbocycles. The third-order valence-corrected chi connectivity index (χ3v) is 2.86. The zero-order chi connectivity index (χ0) is 9.40. The summed E-state index contributed by atoms with van der Waals surface area (Å²) in [5.41, 5.74) is 1.29. The van der Waals surface area contributed by atoms with Crippen LogP contribution < -0.4 is 0 Å². The van der Waals surface area contributed by atoms with E-state index < -0.39 is 0 Å². The van der Waals surface area contributed by atoms with Crippen LogP contribution in [0.25, 0.3) is 0 Å². The van der Waals surface area contributed by atoms with E-state index in [1.165, 1.54) is 12.8 Å². The van der Waals surface area contributed by atoms with Crippen LogP contribution in [0.1, 0.15) is 52.4 Å². The fraction of sp³-hybridized carbons (Fsp3) is 0.800. The van der Waals surface area contributed by atoms with Crippen molar-refractivity contribution >= 4 is 10.2 Å². The Morgan fingerprint density at radius 2 is 1.50 bits per heavy atom. The van der Waals surface area contributed by atoms with Crippen LogP contribution >= 0.6 is 0 Å². The molecule has 0 aliphatic heterocycles. The average molecular weight is 188 g/mol. The zero-order valence-corrected chi connectivity index (χ0v) is 10.6. The first kappa shape index (κ1) is 11.9. The molecule has 72 valence electrons. The Kier molecular flexibility index (Phi) is 7.46. The minimum atomic E-state index is 0.192. The van der Waals surface area contributed by atoms with Gasteiger partial charge in [0.2, 0.25) is 0 Å². The summed E-state index contributed by atoms with van der Waals surface area (Å²) in [6.45, 7) is 4.31. The fourth-order valence-electron chi connectivity index (χ4n) is 1.25. The topological polar surface area (TPSA) is 0 Å². The van der Waals surface area contributed by atoms with Gasteiger partial charge in [0.15, 0.2) is 0 Å². The lowest BCUT2D eigenvalue weighted by Crippen LogP contribution is -1.89. The SMILES string of the molecule is CCCCC(CCCC)=C(F)[SiH3]. The lowest BCUT2D eigenvalue weighted by molar-refractivity contribution is 0.632. The lowest BCUT2D eigenvalue weighted by Gasteiger charge is -2.06. The van der Waals surface area contributed by atoms with E-state index in [9.17, 15) is 4.39 Å². The van der Waals surface area contributed by atoms with Gasteiger partial charge < -0.3 is 0 Å². The van der Waals surface area contributed by atoms with Crippen molar-refractivity contribution in [3.63, 3.8) is 0 Å². The van der Waals surface area contributed by atoms with Crippen LogP contribution in [-0.2, 0) is 0 Å². The first-order chi connectivity index (χ1) is 5.72. The van der Waals surface area contributed by atoms with Gasteiger partial charge in [-0.05, 0) is 31.3 Å². The van der Waals surface area contributed by atoms with Crippen LogP contribution in [0.15, 0.2) is 11.0 Å². The highest BCUT2D eigenvalue weighted by Gasteiger charge is 2.00. The van der Waals surface area contributed by atoms with Gasteiger partial charge in [-0.1, -0.05) is 26.7 Å². The standard InChI is InChI=1S/C10H21FSi/c1-3-5-7-9(10(11)12)8-6-4-2/h3-8H2,1-2,12H3. The number of allylic oxidation sites excluding steroid dienone is 1.